The third kappa shape index (κ3) is 5.82. The summed E-state index contributed by atoms with van der Waals surface area (Å²) < 4.78 is 38.3. The van der Waals surface area contributed by atoms with Crippen molar-refractivity contribution in [1.82, 2.24) is 0 Å². The Morgan fingerprint density at radius 3 is 2.57 bits per heavy atom. The summed E-state index contributed by atoms with van der Waals surface area (Å²) in [6.07, 6.45) is 0.189. The van der Waals surface area contributed by atoms with Crippen LogP contribution < -0.4 is 5.32 Å². The highest BCUT2D eigenvalue weighted by atomic mass is 32.2. The Balaban J connectivity index is 2.66. The molecule has 0 aliphatic heterocycles. The molecule has 0 saturated heterocycles. The number of alkyl halides is 3. The van der Waals surface area contributed by atoms with Crippen LogP contribution in [0, 0.1) is 10.1 Å². The number of nitrogens with one attached hydrogen (secondary N) is 1. The standard InChI is InChI=1S/C13H17F3N2O2S/c1-21-8-4-2-3-7-17-10-5-6-12(18(19)20)11(9-10)13(14,15)16/h5-6,9,17H,2-4,7-8H2,1H3. The van der Waals surface area contributed by atoms with E-state index in [0.29, 0.717) is 6.54 Å². The number of unbranched alkanes of at least 4 members (excludes halogenated alkanes) is 2. The fraction of sp³-hybridized carbons (Fsp3) is 0.538. The Kier molecular flexibility index (Phi) is 6.80. The van der Waals surface area contributed by atoms with Crippen molar-refractivity contribution in [3.63, 3.8) is 0 Å². The van der Waals surface area contributed by atoms with Crippen molar-refractivity contribution in [2.24, 2.45) is 0 Å². The third-order valence-corrected chi connectivity index (χ3v) is 3.55. The van der Waals surface area contributed by atoms with Gasteiger partial charge in [0.25, 0.3) is 5.69 Å². The molecule has 0 heterocycles. The van der Waals surface area contributed by atoms with Crippen LogP contribution in [0.5, 0.6) is 0 Å². The largest absolute Gasteiger partial charge is 0.423 e. The van der Waals surface area contributed by atoms with Crippen LogP contribution in [0.2, 0.25) is 0 Å². The summed E-state index contributed by atoms with van der Waals surface area (Å²) in [5, 5.41) is 13.5. The predicted molar refractivity (Wildman–Crippen MR) is 78.8 cm³/mol. The van der Waals surface area contributed by atoms with Gasteiger partial charge in [0.1, 0.15) is 5.56 Å². The van der Waals surface area contributed by atoms with Gasteiger partial charge in [-0.15, -0.1) is 0 Å². The van der Waals surface area contributed by atoms with Crippen molar-refractivity contribution < 1.29 is 18.1 Å². The second kappa shape index (κ2) is 8.11. The van der Waals surface area contributed by atoms with Crippen LogP contribution in [-0.2, 0) is 6.18 Å². The average molecular weight is 322 g/mol. The SMILES string of the molecule is CSCCCCCNc1ccc([N+](=O)[O-])c(C(F)(F)F)c1. The minimum absolute atomic E-state index is 0.248. The number of hydrogen-bond donors (Lipinski definition) is 1. The molecule has 0 aliphatic rings. The highest BCUT2D eigenvalue weighted by molar-refractivity contribution is 7.98. The molecule has 8 heteroatoms. The van der Waals surface area contributed by atoms with E-state index in [4.69, 9.17) is 0 Å². The number of hydrogen-bond acceptors (Lipinski definition) is 4. The molecule has 0 spiro atoms. The summed E-state index contributed by atoms with van der Waals surface area (Å²) in [6.45, 7) is 0.545. The summed E-state index contributed by atoms with van der Waals surface area (Å²) >= 11 is 1.76. The molecule has 0 amide bonds. The van der Waals surface area contributed by atoms with Crippen molar-refractivity contribution in [2.75, 3.05) is 23.9 Å². The van der Waals surface area contributed by atoms with Crippen LogP contribution in [0.4, 0.5) is 24.5 Å². The van der Waals surface area contributed by atoms with Gasteiger partial charge in [-0.1, -0.05) is 6.42 Å². The molecule has 0 radical (unpaired) electrons. The van der Waals surface area contributed by atoms with E-state index in [1.54, 1.807) is 11.8 Å². The van der Waals surface area contributed by atoms with Gasteiger partial charge in [0, 0.05) is 18.3 Å². The zero-order valence-corrected chi connectivity index (χ0v) is 12.4. The minimum atomic E-state index is -4.74. The number of halogens is 3. The lowest BCUT2D eigenvalue weighted by Gasteiger charge is -2.11. The first-order chi connectivity index (χ1) is 9.86. The van der Waals surface area contributed by atoms with Gasteiger partial charge in [0.15, 0.2) is 0 Å². The maximum absolute atomic E-state index is 12.8. The van der Waals surface area contributed by atoms with Gasteiger partial charge in [-0.3, -0.25) is 10.1 Å². The molecule has 0 saturated carbocycles. The first kappa shape index (κ1) is 17.6. The molecule has 0 fully saturated rings. The lowest BCUT2D eigenvalue weighted by atomic mass is 10.1. The fourth-order valence-electron chi connectivity index (χ4n) is 1.81. The molecular weight excluding hydrogens is 305 g/mol. The van der Waals surface area contributed by atoms with E-state index in [2.05, 4.69) is 5.32 Å². The summed E-state index contributed by atoms with van der Waals surface area (Å²) in [4.78, 5) is 9.60. The van der Waals surface area contributed by atoms with Crippen LogP contribution >= 0.6 is 11.8 Å². The normalized spacial score (nSPS) is 11.4. The predicted octanol–water partition coefficient (Wildman–Crippen LogP) is 4.56. The van der Waals surface area contributed by atoms with Gasteiger partial charge in [0.05, 0.1) is 4.92 Å². The van der Waals surface area contributed by atoms with Gasteiger partial charge in [0.2, 0.25) is 0 Å². The summed E-state index contributed by atoms with van der Waals surface area (Å²) in [5.74, 6) is 1.07. The second-order valence-corrected chi connectivity index (χ2v) is 5.45. The van der Waals surface area contributed by atoms with Gasteiger partial charge in [-0.05, 0) is 37.0 Å². The number of anilines is 1. The van der Waals surface area contributed by atoms with Crippen molar-refractivity contribution in [3.8, 4) is 0 Å². The quantitative estimate of drug-likeness (QED) is 0.433. The van der Waals surface area contributed by atoms with Crippen LogP contribution in [0.15, 0.2) is 18.2 Å². The number of nitro groups is 1. The van der Waals surface area contributed by atoms with Crippen LogP contribution in [0.3, 0.4) is 0 Å². The Labute approximate surface area is 125 Å². The number of benzene rings is 1. The molecular formula is C13H17F3N2O2S. The number of rotatable bonds is 8. The van der Waals surface area contributed by atoms with E-state index in [1.165, 1.54) is 6.07 Å². The molecule has 1 aromatic rings. The topological polar surface area (TPSA) is 55.2 Å². The van der Waals surface area contributed by atoms with Crippen LogP contribution in [-0.4, -0.2) is 23.5 Å². The van der Waals surface area contributed by atoms with Crippen LogP contribution in [0.1, 0.15) is 24.8 Å². The van der Waals surface area contributed by atoms with Gasteiger partial charge in [-0.25, -0.2) is 0 Å². The molecule has 21 heavy (non-hydrogen) atoms. The average Bonchev–Trinajstić information content (AvgIpc) is 2.41. The minimum Gasteiger partial charge on any atom is -0.385 e. The summed E-state index contributed by atoms with van der Waals surface area (Å²) in [5.41, 5.74) is -1.90. The number of nitro benzene ring substituents is 1. The lowest BCUT2D eigenvalue weighted by molar-refractivity contribution is -0.388. The van der Waals surface area contributed by atoms with Crippen molar-refractivity contribution in [2.45, 2.75) is 25.4 Å². The molecule has 1 N–H and O–H groups in total. The van der Waals surface area contributed by atoms with E-state index in [0.717, 1.165) is 37.1 Å². The fourth-order valence-corrected chi connectivity index (χ4v) is 2.31. The first-order valence-corrected chi connectivity index (χ1v) is 7.84. The van der Waals surface area contributed by atoms with E-state index < -0.39 is 22.4 Å². The zero-order chi connectivity index (χ0) is 15.9. The Morgan fingerprint density at radius 1 is 1.29 bits per heavy atom. The molecule has 0 aliphatic carbocycles. The Bertz CT molecular complexity index is 481. The smallest absolute Gasteiger partial charge is 0.385 e. The maximum atomic E-state index is 12.8. The second-order valence-electron chi connectivity index (χ2n) is 4.47. The molecule has 118 valence electrons. The Morgan fingerprint density at radius 2 is 2.00 bits per heavy atom. The van der Waals surface area contributed by atoms with E-state index in [9.17, 15) is 23.3 Å². The molecule has 1 aromatic carbocycles. The maximum Gasteiger partial charge on any atom is 0.423 e. The van der Waals surface area contributed by atoms with E-state index in [1.807, 2.05) is 6.26 Å². The third-order valence-electron chi connectivity index (χ3n) is 2.85. The highest BCUT2D eigenvalue weighted by Crippen LogP contribution is 2.37. The zero-order valence-electron chi connectivity index (χ0n) is 11.6. The molecule has 0 unspecified atom stereocenters. The summed E-state index contributed by atoms with van der Waals surface area (Å²) in [7, 11) is 0. The van der Waals surface area contributed by atoms with E-state index >= 15 is 0 Å². The molecule has 4 nitrogen and oxygen atoms in total. The van der Waals surface area contributed by atoms with Crippen molar-refractivity contribution >= 4 is 23.1 Å². The molecule has 0 bridgehead atoms. The molecule has 1 rings (SSSR count). The summed E-state index contributed by atoms with van der Waals surface area (Å²) in [6, 6.07) is 2.98. The number of thioether (sulfide) groups is 1. The lowest BCUT2D eigenvalue weighted by Crippen LogP contribution is -2.10. The highest BCUT2D eigenvalue weighted by Gasteiger charge is 2.38. The molecule has 0 aromatic heterocycles. The van der Waals surface area contributed by atoms with Crippen molar-refractivity contribution in [3.05, 3.63) is 33.9 Å². The van der Waals surface area contributed by atoms with Crippen molar-refractivity contribution in [1.29, 1.82) is 0 Å². The van der Waals surface area contributed by atoms with Gasteiger partial charge >= 0.3 is 6.18 Å². The number of nitrogens with zero attached hydrogens (tertiary/aromatic N) is 1. The molecule has 0 atom stereocenters. The first-order valence-electron chi connectivity index (χ1n) is 6.44. The van der Waals surface area contributed by atoms with Crippen LogP contribution in [0.25, 0.3) is 0 Å². The van der Waals surface area contributed by atoms with Gasteiger partial charge in [-0.2, -0.15) is 24.9 Å². The van der Waals surface area contributed by atoms with Gasteiger partial charge < -0.3 is 5.32 Å². The monoisotopic (exact) mass is 322 g/mol. The Hall–Kier alpha value is -1.44. The van der Waals surface area contributed by atoms with E-state index in [-0.39, 0.29) is 5.69 Å².